The van der Waals surface area contributed by atoms with Crippen molar-refractivity contribution in [3.8, 4) is 5.75 Å². The van der Waals surface area contributed by atoms with E-state index in [4.69, 9.17) is 16.3 Å². The van der Waals surface area contributed by atoms with E-state index in [1.807, 2.05) is 61.7 Å². The average Bonchev–Trinajstić information content (AvgIpc) is 3.37. The van der Waals surface area contributed by atoms with Crippen molar-refractivity contribution >= 4 is 57.3 Å². The predicted octanol–water partition coefficient (Wildman–Crippen LogP) is 6.60. The number of Topliss-reactive ketones (excluding diaryl/α,β-unsaturated/α-hetero) is 1. The van der Waals surface area contributed by atoms with Gasteiger partial charge in [-0.05, 0) is 55.1 Å². The first kappa shape index (κ1) is 24.9. The Morgan fingerprint density at radius 3 is 2.49 bits per heavy atom. The number of thioether (sulfide) groups is 1. The molecule has 1 saturated heterocycles. The normalized spacial score (nSPS) is 14.6. The Bertz CT molecular complexity index is 1520. The summed E-state index contributed by atoms with van der Waals surface area (Å²) in [4.78, 5) is 39.7. The zero-order chi connectivity index (χ0) is 25.9. The fourth-order valence-electron chi connectivity index (χ4n) is 4.12. The van der Waals surface area contributed by atoms with Crippen molar-refractivity contribution in [2.24, 2.45) is 0 Å². The van der Waals surface area contributed by atoms with E-state index in [1.54, 1.807) is 30.3 Å². The van der Waals surface area contributed by atoms with Crippen LogP contribution in [0.25, 0.3) is 17.0 Å². The maximum atomic E-state index is 13.1. The topological polar surface area (TPSA) is 68.6 Å². The van der Waals surface area contributed by atoms with Gasteiger partial charge >= 0.3 is 0 Å². The smallest absolute Gasteiger partial charge is 0.293 e. The first-order valence-corrected chi connectivity index (χ1v) is 12.9. The number of imide groups is 1. The maximum Gasteiger partial charge on any atom is 0.293 e. The van der Waals surface area contributed by atoms with Crippen LogP contribution in [0.3, 0.4) is 0 Å². The molecule has 3 aromatic carbocycles. The van der Waals surface area contributed by atoms with Gasteiger partial charge in [-0.1, -0.05) is 59.6 Å². The maximum absolute atomic E-state index is 13.1. The lowest BCUT2D eigenvalue weighted by molar-refractivity contribution is -0.122. The number of ether oxygens (including phenoxy) is 1. The largest absolute Gasteiger partial charge is 0.492 e. The number of para-hydroxylation sites is 1. The van der Waals surface area contributed by atoms with Gasteiger partial charge in [0.15, 0.2) is 5.78 Å². The molecule has 0 unspecified atom stereocenters. The fraction of sp³-hybridized carbons (Fsp3) is 0.138. The van der Waals surface area contributed by atoms with Gasteiger partial charge in [-0.15, -0.1) is 0 Å². The van der Waals surface area contributed by atoms with E-state index in [2.05, 4.69) is 4.57 Å². The van der Waals surface area contributed by atoms with Crippen LogP contribution >= 0.6 is 23.4 Å². The Kier molecular flexibility index (Phi) is 7.17. The molecule has 0 aliphatic carbocycles. The first-order valence-electron chi connectivity index (χ1n) is 11.7. The molecule has 1 aromatic heterocycles. The van der Waals surface area contributed by atoms with E-state index < -0.39 is 11.1 Å². The monoisotopic (exact) mass is 530 g/mol. The lowest BCUT2D eigenvalue weighted by Gasteiger charge is -2.11. The second-order valence-corrected chi connectivity index (χ2v) is 10.1. The lowest BCUT2D eigenvalue weighted by Crippen LogP contribution is -2.33. The van der Waals surface area contributed by atoms with Crippen molar-refractivity contribution in [3.63, 3.8) is 0 Å². The minimum Gasteiger partial charge on any atom is -0.492 e. The number of benzene rings is 3. The summed E-state index contributed by atoms with van der Waals surface area (Å²) in [5, 5.41) is 1.16. The molecule has 4 aromatic rings. The van der Waals surface area contributed by atoms with Gasteiger partial charge in [0.1, 0.15) is 12.4 Å². The van der Waals surface area contributed by atoms with E-state index >= 15 is 0 Å². The molecule has 8 heteroatoms. The number of carbonyl (C=O) groups is 3. The molecule has 37 heavy (non-hydrogen) atoms. The summed E-state index contributed by atoms with van der Waals surface area (Å²) in [6.45, 7) is 2.68. The summed E-state index contributed by atoms with van der Waals surface area (Å²) in [5.41, 5.74) is 3.30. The van der Waals surface area contributed by atoms with E-state index in [-0.39, 0.29) is 12.3 Å². The Morgan fingerprint density at radius 1 is 1.00 bits per heavy atom. The average molecular weight is 531 g/mol. The first-order chi connectivity index (χ1) is 17.9. The van der Waals surface area contributed by atoms with Crippen LogP contribution in [0.1, 0.15) is 21.5 Å². The molecule has 1 aliphatic rings. The third-order valence-corrected chi connectivity index (χ3v) is 7.23. The summed E-state index contributed by atoms with van der Waals surface area (Å²) >= 11 is 6.79. The molecule has 5 rings (SSSR count). The number of fused-ring (bicyclic) bond motifs is 1. The van der Waals surface area contributed by atoms with Crippen molar-refractivity contribution < 1.29 is 19.1 Å². The van der Waals surface area contributed by atoms with Crippen molar-refractivity contribution in [2.45, 2.75) is 13.5 Å². The third kappa shape index (κ3) is 5.48. The van der Waals surface area contributed by atoms with Crippen LogP contribution in [0.2, 0.25) is 5.02 Å². The number of amides is 2. The highest BCUT2D eigenvalue weighted by atomic mass is 35.5. The molecule has 186 valence electrons. The number of ketones is 1. The SMILES string of the molecule is Cc1ccc(C(=O)CN2C(=O)S/C(=C\c3cn(CCOc4ccc(Cl)cc4)c4ccccc34)C2=O)cc1. The molecule has 1 fully saturated rings. The van der Waals surface area contributed by atoms with Gasteiger partial charge in [-0.25, -0.2) is 0 Å². The van der Waals surface area contributed by atoms with E-state index in [0.717, 1.165) is 44.4 Å². The van der Waals surface area contributed by atoms with Crippen LogP contribution in [0.5, 0.6) is 5.75 Å². The number of carbonyl (C=O) groups excluding carboxylic acids is 3. The lowest BCUT2D eigenvalue weighted by atomic mass is 10.1. The van der Waals surface area contributed by atoms with Crippen LogP contribution in [-0.4, -0.2) is 39.5 Å². The Balaban J connectivity index is 1.33. The molecule has 2 heterocycles. The molecule has 1 aliphatic heterocycles. The molecule has 6 nitrogen and oxygen atoms in total. The zero-order valence-electron chi connectivity index (χ0n) is 20.0. The molecule has 0 N–H and O–H groups in total. The number of aryl methyl sites for hydroxylation is 1. The third-order valence-electron chi connectivity index (χ3n) is 6.07. The Morgan fingerprint density at radius 2 is 1.73 bits per heavy atom. The summed E-state index contributed by atoms with van der Waals surface area (Å²) in [7, 11) is 0. The Labute approximate surface area is 223 Å². The molecule has 0 saturated carbocycles. The molecule has 2 amide bonds. The van der Waals surface area contributed by atoms with Gasteiger partial charge in [0.2, 0.25) is 0 Å². The van der Waals surface area contributed by atoms with Crippen LogP contribution in [-0.2, 0) is 11.3 Å². The molecule has 0 bridgehead atoms. The highest BCUT2D eigenvalue weighted by Gasteiger charge is 2.36. The predicted molar refractivity (Wildman–Crippen MR) is 147 cm³/mol. The number of rotatable bonds is 8. The number of nitrogens with zero attached hydrogens (tertiary/aromatic N) is 2. The number of hydrogen-bond acceptors (Lipinski definition) is 5. The van der Waals surface area contributed by atoms with Crippen molar-refractivity contribution in [1.82, 2.24) is 9.47 Å². The second-order valence-electron chi connectivity index (χ2n) is 8.65. The van der Waals surface area contributed by atoms with Gasteiger partial charge in [-0.2, -0.15) is 0 Å². The number of hydrogen-bond donors (Lipinski definition) is 0. The van der Waals surface area contributed by atoms with E-state index in [9.17, 15) is 14.4 Å². The van der Waals surface area contributed by atoms with Crippen molar-refractivity contribution in [2.75, 3.05) is 13.2 Å². The van der Waals surface area contributed by atoms with E-state index in [1.165, 1.54) is 0 Å². The van der Waals surface area contributed by atoms with Gasteiger partial charge < -0.3 is 9.30 Å². The highest BCUT2D eigenvalue weighted by Crippen LogP contribution is 2.34. The van der Waals surface area contributed by atoms with E-state index in [0.29, 0.717) is 28.6 Å². The van der Waals surface area contributed by atoms with Gasteiger partial charge in [0, 0.05) is 33.2 Å². The second kappa shape index (κ2) is 10.7. The van der Waals surface area contributed by atoms with Crippen molar-refractivity contribution in [1.29, 1.82) is 0 Å². The summed E-state index contributed by atoms with van der Waals surface area (Å²) in [5.74, 6) is -0.00542. The minimum absolute atomic E-state index is 0.277. The molecular weight excluding hydrogens is 508 g/mol. The van der Waals surface area contributed by atoms with Gasteiger partial charge in [-0.3, -0.25) is 19.3 Å². The zero-order valence-corrected chi connectivity index (χ0v) is 21.6. The van der Waals surface area contributed by atoms with Crippen LogP contribution in [0.4, 0.5) is 4.79 Å². The van der Waals surface area contributed by atoms with Gasteiger partial charge in [0.05, 0.1) is 18.0 Å². The standard InChI is InChI=1S/C29H23ClN2O4S/c1-19-6-8-20(9-7-19)26(33)18-32-28(34)27(37-29(32)35)16-21-17-31(25-5-3-2-4-24(21)25)14-15-36-23-12-10-22(30)11-13-23/h2-13,16-17H,14-15,18H2,1H3/b27-16-. The van der Waals surface area contributed by atoms with Crippen LogP contribution in [0, 0.1) is 6.92 Å². The minimum atomic E-state index is -0.460. The number of aromatic nitrogens is 1. The van der Waals surface area contributed by atoms with Crippen LogP contribution in [0.15, 0.2) is 83.9 Å². The summed E-state index contributed by atoms with van der Waals surface area (Å²) < 4.78 is 7.90. The number of halogens is 1. The quantitative estimate of drug-likeness (QED) is 0.189. The molecule has 0 atom stereocenters. The Hall–Kier alpha value is -3.81. The van der Waals surface area contributed by atoms with Crippen molar-refractivity contribution in [3.05, 3.63) is 106 Å². The molecule has 0 radical (unpaired) electrons. The summed E-state index contributed by atoms with van der Waals surface area (Å²) in [6.07, 6.45) is 3.67. The molecule has 0 spiro atoms. The van der Waals surface area contributed by atoms with Crippen LogP contribution < -0.4 is 4.74 Å². The summed E-state index contributed by atoms with van der Waals surface area (Å²) in [6, 6.07) is 22.1. The van der Waals surface area contributed by atoms with Gasteiger partial charge in [0.25, 0.3) is 11.1 Å². The molecular formula is C29H23ClN2O4S. The highest BCUT2D eigenvalue weighted by molar-refractivity contribution is 8.18. The fourth-order valence-corrected chi connectivity index (χ4v) is 5.07.